The van der Waals surface area contributed by atoms with E-state index in [0.29, 0.717) is 5.92 Å². The highest BCUT2D eigenvalue weighted by Gasteiger charge is 2.50. The minimum atomic E-state index is -0.374. The van der Waals surface area contributed by atoms with E-state index in [1.165, 1.54) is 4.90 Å². The molecule has 0 spiro atoms. The standard InChI is InChI=1S/C12H19NO3/c1-7-3-4-9-10(5-7)12(16)13(11(9)15)8(2)6-14/h7-10,14H,3-6H2,1-2H3. The van der Waals surface area contributed by atoms with Crippen molar-refractivity contribution < 1.29 is 14.7 Å². The molecule has 2 fully saturated rings. The van der Waals surface area contributed by atoms with Gasteiger partial charge in [-0.3, -0.25) is 14.5 Å². The number of carbonyl (C=O) groups is 2. The molecule has 1 saturated heterocycles. The molecule has 0 radical (unpaired) electrons. The lowest BCUT2D eigenvalue weighted by Gasteiger charge is -2.25. The van der Waals surface area contributed by atoms with E-state index in [4.69, 9.17) is 5.11 Å². The minimum absolute atomic E-state index is 0.0662. The van der Waals surface area contributed by atoms with E-state index in [1.54, 1.807) is 6.92 Å². The molecule has 16 heavy (non-hydrogen) atoms. The summed E-state index contributed by atoms with van der Waals surface area (Å²) in [6, 6.07) is -0.374. The highest BCUT2D eigenvalue weighted by Crippen LogP contribution is 2.41. The summed E-state index contributed by atoms with van der Waals surface area (Å²) in [5, 5.41) is 9.07. The van der Waals surface area contributed by atoms with Crippen LogP contribution in [0.5, 0.6) is 0 Å². The van der Waals surface area contributed by atoms with E-state index < -0.39 is 0 Å². The van der Waals surface area contributed by atoms with Crippen molar-refractivity contribution in [1.29, 1.82) is 0 Å². The Kier molecular flexibility index (Phi) is 3.02. The van der Waals surface area contributed by atoms with Crippen LogP contribution in [0.25, 0.3) is 0 Å². The number of likely N-dealkylation sites (tertiary alicyclic amines) is 1. The smallest absolute Gasteiger partial charge is 0.233 e. The van der Waals surface area contributed by atoms with Crippen LogP contribution in [-0.4, -0.2) is 34.5 Å². The average molecular weight is 225 g/mol. The summed E-state index contributed by atoms with van der Waals surface area (Å²) in [6.07, 6.45) is 2.68. The quantitative estimate of drug-likeness (QED) is 0.707. The summed E-state index contributed by atoms with van der Waals surface area (Å²) in [6.45, 7) is 3.70. The van der Waals surface area contributed by atoms with E-state index in [-0.39, 0.29) is 36.3 Å². The number of nitrogens with zero attached hydrogens (tertiary/aromatic N) is 1. The van der Waals surface area contributed by atoms with Gasteiger partial charge in [0, 0.05) is 0 Å². The second kappa shape index (κ2) is 4.17. The molecule has 1 aliphatic heterocycles. The maximum absolute atomic E-state index is 12.1. The van der Waals surface area contributed by atoms with Crippen molar-refractivity contribution in [2.45, 2.75) is 39.2 Å². The molecule has 0 bridgehead atoms. The summed E-state index contributed by atoms with van der Waals surface area (Å²) >= 11 is 0. The van der Waals surface area contributed by atoms with Gasteiger partial charge in [0.15, 0.2) is 0 Å². The molecule has 0 aromatic heterocycles. The van der Waals surface area contributed by atoms with Crippen LogP contribution in [-0.2, 0) is 9.59 Å². The maximum Gasteiger partial charge on any atom is 0.233 e. The summed E-state index contributed by atoms with van der Waals surface area (Å²) in [7, 11) is 0. The molecule has 1 heterocycles. The van der Waals surface area contributed by atoms with Crippen LogP contribution < -0.4 is 0 Å². The van der Waals surface area contributed by atoms with E-state index in [2.05, 4.69) is 6.92 Å². The Balaban J connectivity index is 2.20. The number of hydrogen-bond acceptors (Lipinski definition) is 3. The van der Waals surface area contributed by atoms with Gasteiger partial charge in [-0.15, -0.1) is 0 Å². The number of aliphatic hydroxyl groups is 1. The Morgan fingerprint density at radius 1 is 1.31 bits per heavy atom. The van der Waals surface area contributed by atoms with Crippen molar-refractivity contribution in [1.82, 2.24) is 4.90 Å². The minimum Gasteiger partial charge on any atom is -0.394 e. The predicted molar refractivity (Wildman–Crippen MR) is 58.4 cm³/mol. The van der Waals surface area contributed by atoms with Gasteiger partial charge in [0.1, 0.15) is 0 Å². The van der Waals surface area contributed by atoms with Gasteiger partial charge in [-0.05, 0) is 32.1 Å². The molecule has 1 saturated carbocycles. The molecule has 90 valence electrons. The first kappa shape index (κ1) is 11.6. The van der Waals surface area contributed by atoms with Crippen LogP contribution in [0.15, 0.2) is 0 Å². The van der Waals surface area contributed by atoms with E-state index in [1.807, 2.05) is 0 Å². The zero-order valence-corrected chi connectivity index (χ0v) is 9.85. The fraction of sp³-hybridized carbons (Fsp3) is 0.833. The third-order valence-corrected chi connectivity index (χ3v) is 3.93. The monoisotopic (exact) mass is 225 g/mol. The molecule has 1 aliphatic carbocycles. The van der Waals surface area contributed by atoms with E-state index in [0.717, 1.165) is 19.3 Å². The topological polar surface area (TPSA) is 57.6 Å². The van der Waals surface area contributed by atoms with Crippen molar-refractivity contribution in [3.63, 3.8) is 0 Å². The van der Waals surface area contributed by atoms with Gasteiger partial charge in [-0.2, -0.15) is 0 Å². The Morgan fingerprint density at radius 2 is 1.94 bits per heavy atom. The first-order valence-corrected chi connectivity index (χ1v) is 6.04. The number of rotatable bonds is 2. The van der Waals surface area contributed by atoms with E-state index in [9.17, 15) is 9.59 Å². The fourth-order valence-electron chi connectivity index (χ4n) is 2.93. The predicted octanol–water partition coefficient (Wildman–Crippen LogP) is 0.788. The van der Waals surface area contributed by atoms with Crippen molar-refractivity contribution in [2.24, 2.45) is 17.8 Å². The molecule has 4 heteroatoms. The van der Waals surface area contributed by atoms with Gasteiger partial charge in [0.25, 0.3) is 0 Å². The van der Waals surface area contributed by atoms with Gasteiger partial charge >= 0.3 is 0 Å². The highest BCUT2D eigenvalue weighted by molar-refractivity contribution is 6.05. The lowest BCUT2D eigenvalue weighted by Crippen LogP contribution is -2.41. The van der Waals surface area contributed by atoms with Gasteiger partial charge in [0.2, 0.25) is 11.8 Å². The zero-order chi connectivity index (χ0) is 11.9. The molecule has 1 N–H and O–H groups in total. The van der Waals surface area contributed by atoms with E-state index >= 15 is 0 Å². The molecule has 4 nitrogen and oxygen atoms in total. The second-order valence-corrected chi connectivity index (χ2v) is 5.21. The first-order chi connectivity index (χ1) is 7.56. The number of hydrogen-bond donors (Lipinski definition) is 1. The number of aliphatic hydroxyl groups excluding tert-OH is 1. The third kappa shape index (κ3) is 1.65. The number of imide groups is 1. The largest absolute Gasteiger partial charge is 0.394 e. The average Bonchev–Trinajstić information content (AvgIpc) is 2.51. The molecular weight excluding hydrogens is 206 g/mol. The second-order valence-electron chi connectivity index (χ2n) is 5.21. The van der Waals surface area contributed by atoms with Crippen LogP contribution in [0, 0.1) is 17.8 Å². The van der Waals surface area contributed by atoms with Crippen LogP contribution in [0.3, 0.4) is 0 Å². The molecular formula is C12H19NO3. The van der Waals surface area contributed by atoms with Crippen molar-refractivity contribution in [2.75, 3.05) is 6.61 Å². The zero-order valence-electron chi connectivity index (χ0n) is 9.85. The summed E-state index contributed by atoms with van der Waals surface area (Å²) in [4.78, 5) is 25.4. The SMILES string of the molecule is CC1CCC2C(=O)N(C(C)CO)C(=O)C2C1. The lowest BCUT2D eigenvalue weighted by molar-refractivity contribution is -0.143. The van der Waals surface area contributed by atoms with Gasteiger partial charge in [-0.1, -0.05) is 6.92 Å². The molecule has 4 unspecified atom stereocenters. The summed E-state index contributed by atoms with van der Waals surface area (Å²) in [5.41, 5.74) is 0. The van der Waals surface area contributed by atoms with Gasteiger partial charge < -0.3 is 5.11 Å². The highest BCUT2D eigenvalue weighted by atomic mass is 16.3. The third-order valence-electron chi connectivity index (χ3n) is 3.93. The Labute approximate surface area is 95.6 Å². The van der Waals surface area contributed by atoms with Gasteiger partial charge in [0.05, 0.1) is 24.5 Å². The lowest BCUT2D eigenvalue weighted by atomic mass is 9.76. The molecule has 0 aromatic carbocycles. The van der Waals surface area contributed by atoms with Crippen molar-refractivity contribution in [3.05, 3.63) is 0 Å². The van der Waals surface area contributed by atoms with Crippen LogP contribution in [0.1, 0.15) is 33.1 Å². The molecule has 4 atom stereocenters. The Hall–Kier alpha value is -0.900. The Bertz CT molecular complexity index is 315. The van der Waals surface area contributed by atoms with Crippen LogP contribution in [0.2, 0.25) is 0 Å². The molecule has 2 aliphatic rings. The number of amides is 2. The van der Waals surface area contributed by atoms with Gasteiger partial charge in [-0.25, -0.2) is 0 Å². The maximum atomic E-state index is 12.1. The summed E-state index contributed by atoms with van der Waals surface area (Å²) < 4.78 is 0. The van der Waals surface area contributed by atoms with Crippen LogP contribution in [0.4, 0.5) is 0 Å². The van der Waals surface area contributed by atoms with Crippen molar-refractivity contribution >= 4 is 11.8 Å². The number of fused-ring (bicyclic) bond motifs is 1. The number of carbonyl (C=O) groups excluding carboxylic acids is 2. The Morgan fingerprint density at radius 3 is 2.56 bits per heavy atom. The summed E-state index contributed by atoms with van der Waals surface area (Å²) in [5.74, 6) is 0.164. The fourth-order valence-corrected chi connectivity index (χ4v) is 2.93. The van der Waals surface area contributed by atoms with Crippen LogP contribution >= 0.6 is 0 Å². The normalized spacial score (nSPS) is 36.4. The van der Waals surface area contributed by atoms with Crippen molar-refractivity contribution in [3.8, 4) is 0 Å². The molecule has 2 rings (SSSR count). The molecule has 0 aromatic rings. The first-order valence-electron chi connectivity index (χ1n) is 6.04. The molecule has 2 amide bonds.